The van der Waals surface area contributed by atoms with Crippen LogP contribution in [0.15, 0.2) is 5.38 Å². The third kappa shape index (κ3) is 3.93. The Morgan fingerprint density at radius 3 is 2.89 bits per heavy atom. The third-order valence-corrected chi connectivity index (χ3v) is 5.37. The predicted octanol–water partition coefficient (Wildman–Crippen LogP) is 2.22. The Bertz CT molecular complexity index is 478. The molecule has 0 unspecified atom stereocenters. The molecule has 1 saturated carbocycles. The lowest BCUT2D eigenvalue weighted by atomic mass is 10.1. The van der Waals surface area contributed by atoms with Gasteiger partial charge in [0.15, 0.2) is 5.13 Å². The van der Waals surface area contributed by atoms with Gasteiger partial charge in [-0.1, -0.05) is 12.8 Å². The Kier molecular flexibility index (Phi) is 4.58. The van der Waals surface area contributed by atoms with Crippen LogP contribution in [0.5, 0.6) is 0 Å². The highest BCUT2D eigenvalue weighted by Crippen LogP contribution is 2.27. The van der Waals surface area contributed by atoms with Gasteiger partial charge in [-0.2, -0.15) is 0 Å². The fourth-order valence-electron chi connectivity index (χ4n) is 2.23. The van der Waals surface area contributed by atoms with E-state index >= 15 is 0 Å². The van der Waals surface area contributed by atoms with Crippen molar-refractivity contribution >= 4 is 26.5 Å². The zero-order chi connectivity index (χ0) is 13.0. The van der Waals surface area contributed by atoms with E-state index in [9.17, 15) is 8.42 Å². The van der Waals surface area contributed by atoms with Crippen LogP contribution in [-0.4, -0.2) is 26.3 Å². The van der Waals surface area contributed by atoms with Gasteiger partial charge in [-0.3, -0.25) is 4.72 Å². The van der Waals surface area contributed by atoms with Crippen LogP contribution in [-0.2, 0) is 21.4 Å². The SMILES string of the molecule is COCc1csc(NS(=O)(=O)CC2CCCC2)n1. The fraction of sp³-hybridized carbons (Fsp3) is 0.727. The summed E-state index contributed by atoms with van der Waals surface area (Å²) in [6, 6.07) is 0. The van der Waals surface area contributed by atoms with E-state index in [2.05, 4.69) is 9.71 Å². The number of hydrogen-bond acceptors (Lipinski definition) is 5. The summed E-state index contributed by atoms with van der Waals surface area (Å²) >= 11 is 1.29. The Labute approximate surface area is 112 Å². The van der Waals surface area contributed by atoms with Gasteiger partial charge < -0.3 is 4.74 Å². The van der Waals surface area contributed by atoms with Crippen molar-refractivity contribution in [3.63, 3.8) is 0 Å². The number of sulfonamides is 1. The number of anilines is 1. The van der Waals surface area contributed by atoms with Gasteiger partial charge in [0.25, 0.3) is 0 Å². The van der Waals surface area contributed by atoms with E-state index in [1.807, 2.05) is 0 Å². The van der Waals surface area contributed by atoms with Gasteiger partial charge in [0.2, 0.25) is 10.0 Å². The van der Waals surface area contributed by atoms with E-state index < -0.39 is 10.0 Å². The van der Waals surface area contributed by atoms with E-state index in [0.717, 1.165) is 31.4 Å². The molecule has 1 aromatic heterocycles. The van der Waals surface area contributed by atoms with Crippen molar-refractivity contribution in [1.82, 2.24) is 4.98 Å². The largest absolute Gasteiger partial charge is 0.378 e. The zero-order valence-corrected chi connectivity index (χ0v) is 12.0. The molecule has 1 aliphatic carbocycles. The van der Waals surface area contributed by atoms with E-state index in [4.69, 9.17) is 4.74 Å². The molecule has 0 aliphatic heterocycles. The lowest BCUT2D eigenvalue weighted by molar-refractivity contribution is 0.182. The topological polar surface area (TPSA) is 68.3 Å². The summed E-state index contributed by atoms with van der Waals surface area (Å²) in [5, 5.41) is 2.23. The molecular formula is C11H18N2O3S2. The van der Waals surface area contributed by atoms with Crippen LogP contribution in [0, 0.1) is 5.92 Å². The predicted molar refractivity (Wildman–Crippen MR) is 72.2 cm³/mol. The van der Waals surface area contributed by atoms with Crippen molar-refractivity contribution in [1.29, 1.82) is 0 Å². The highest BCUT2D eigenvalue weighted by molar-refractivity contribution is 7.92. The van der Waals surface area contributed by atoms with Gasteiger partial charge >= 0.3 is 0 Å². The molecule has 1 N–H and O–H groups in total. The van der Waals surface area contributed by atoms with Crippen LogP contribution in [0.2, 0.25) is 0 Å². The highest BCUT2D eigenvalue weighted by atomic mass is 32.2. The quantitative estimate of drug-likeness (QED) is 0.872. The number of hydrogen-bond donors (Lipinski definition) is 1. The average Bonchev–Trinajstić information content (AvgIpc) is 2.90. The first-order valence-corrected chi connectivity index (χ1v) is 8.56. The lowest BCUT2D eigenvalue weighted by Crippen LogP contribution is -2.21. The van der Waals surface area contributed by atoms with Gasteiger partial charge in [-0.05, 0) is 18.8 Å². The van der Waals surface area contributed by atoms with E-state index in [1.54, 1.807) is 12.5 Å². The number of methoxy groups -OCH3 is 1. The maximum absolute atomic E-state index is 11.9. The van der Waals surface area contributed by atoms with Crippen LogP contribution < -0.4 is 4.72 Å². The van der Waals surface area contributed by atoms with E-state index in [0.29, 0.717) is 17.7 Å². The second-order valence-corrected chi connectivity index (χ2v) is 7.24. The van der Waals surface area contributed by atoms with E-state index in [-0.39, 0.29) is 5.75 Å². The average molecular weight is 290 g/mol. The number of rotatable bonds is 6. The molecule has 2 rings (SSSR count). The molecular weight excluding hydrogens is 272 g/mol. The van der Waals surface area contributed by atoms with Gasteiger partial charge in [0.05, 0.1) is 18.1 Å². The number of aromatic nitrogens is 1. The normalized spacial score (nSPS) is 17.2. The van der Waals surface area contributed by atoms with Crippen LogP contribution >= 0.6 is 11.3 Å². The standard InChI is InChI=1S/C11H18N2O3S2/c1-16-6-10-7-17-11(12-10)13-18(14,15)8-9-4-2-3-5-9/h7,9H,2-6,8H2,1H3,(H,12,13). The first-order chi connectivity index (χ1) is 8.59. The molecule has 1 heterocycles. The number of nitrogens with one attached hydrogen (secondary N) is 1. The van der Waals surface area contributed by atoms with Crippen molar-refractivity contribution in [2.75, 3.05) is 17.6 Å². The van der Waals surface area contributed by atoms with Crippen molar-refractivity contribution in [3.8, 4) is 0 Å². The second kappa shape index (κ2) is 5.99. The molecule has 102 valence electrons. The molecule has 0 spiro atoms. The van der Waals surface area contributed by atoms with Crippen molar-refractivity contribution < 1.29 is 13.2 Å². The highest BCUT2D eigenvalue weighted by Gasteiger charge is 2.23. The molecule has 1 aromatic rings. The summed E-state index contributed by atoms with van der Waals surface area (Å²) in [7, 11) is -1.68. The molecule has 0 radical (unpaired) electrons. The summed E-state index contributed by atoms with van der Waals surface area (Å²) in [4.78, 5) is 4.16. The lowest BCUT2D eigenvalue weighted by Gasteiger charge is -2.09. The summed E-state index contributed by atoms with van der Waals surface area (Å²) in [6.07, 6.45) is 4.34. The van der Waals surface area contributed by atoms with Crippen LogP contribution in [0.1, 0.15) is 31.4 Å². The molecule has 0 bridgehead atoms. The smallest absolute Gasteiger partial charge is 0.234 e. The third-order valence-electron chi connectivity index (χ3n) is 3.02. The van der Waals surface area contributed by atoms with Gasteiger partial charge in [-0.15, -0.1) is 11.3 Å². The maximum Gasteiger partial charge on any atom is 0.234 e. The molecule has 18 heavy (non-hydrogen) atoms. The molecule has 0 amide bonds. The van der Waals surface area contributed by atoms with Crippen molar-refractivity contribution in [3.05, 3.63) is 11.1 Å². The maximum atomic E-state index is 11.9. The van der Waals surface area contributed by atoms with Crippen molar-refractivity contribution in [2.45, 2.75) is 32.3 Å². The Morgan fingerprint density at radius 2 is 2.22 bits per heavy atom. The Hall–Kier alpha value is -0.660. The minimum atomic E-state index is -3.26. The molecule has 5 nitrogen and oxygen atoms in total. The van der Waals surface area contributed by atoms with Crippen LogP contribution in [0.3, 0.4) is 0 Å². The van der Waals surface area contributed by atoms with Gasteiger partial charge in [0.1, 0.15) is 0 Å². The van der Waals surface area contributed by atoms with Crippen molar-refractivity contribution in [2.24, 2.45) is 5.92 Å². The Balaban J connectivity index is 1.93. The van der Waals surface area contributed by atoms with Crippen LogP contribution in [0.4, 0.5) is 5.13 Å². The molecule has 0 aromatic carbocycles. The van der Waals surface area contributed by atoms with Gasteiger partial charge in [0, 0.05) is 12.5 Å². The monoisotopic (exact) mass is 290 g/mol. The molecule has 7 heteroatoms. The second-order valence-electron chi connectivity index (χ2n) is 4.61. The van der Waals surface area contributed by atoms with Gasteiger partial charge in [-0.25, -0.2) is 13.4 Å². The van der Waals surface area contributed by atoms with Crippen LogP contribution in [0.25, 0.3) is 0 Å². The number of thiazole rings is 1. The summed E-state index contributed by atoms with van der Waals surface area (Å²) in [5.74, 6) is 0.521. The summed E-state index contributed by atoms with van der Waals surface area (Å²) < 4.78 is 31.4. The first kappa shape index (κ1) is 13.8. The summed E-state index contributed by atoms with van der Waals surface area (Å²) in [6.45, 7) is 0.404. The number of ether oxygens (including phenoxy) is 1. The zero-order valence-electron chi connectivity index (χ0n) is 10.4. The first-order valence-electron chi connectivity index (χ1n) is 6.03. The minimum absolute atomic E-state index is 0.214. The molecule has 1 aliphatic rings. The summed E-state index contributed by atoms with van der Waals surface area (Å²) in [5.41, 5.74) is 0.751. The molecule has 0 saturated heterocycles. The minimum Gasteiger partial charge on any atom is -0.378 e. The fourth-order valence-corrected chi connectivity index (χ4v) is 4.69. The molecule has 1 fully saturated rings. The number of nitrogens with zero attached hydrogens (tertiary/aromatic N) is 1. The molecule has 0 atom stereocenters. The Morgan fingerprint density at radius 1 is 1.50 bits per heavy atom. The van der Waals surface area contributed by atoms with E-state index in [1.165, 1.54) is 11.3 Å².